The summed E-state index contributed by atoms with van der Waals surface area (Å²) in [6.07, 6.45) is 4.60. The first kappa shape index (κ1) is 10.5. The van der Waals surface area contributed by atoms with Crippen LogP contribution in [0.3, 0.4) is 0 Å². The van der Waals surface area contributed by atoms with Crippen molar-refractivity contribution in [3.05, 3.63) is 47.0 Å². The van der Waals surface area contributed by atoms with Crippen molar-refractivity contribution in [1.29, 1.82) is 0 Å². The Labute approximate surface area is 101 Å². The highest BCUT2D eigenvalue weighted by Gasteiger charge is 2.09. The maximum atomic E-state index is 12.2. The third-order valence-corrected chi connectivity index (χ3v) is 2.66. The van der Waals surface area contributed by atoms with Crippen LogP contribution >= 0.6 is 0 Å². The Balaban J connectivity index is 2.68. The number of nitrogens with one attached hydrogen (secondary N) is 1. The summed E-state index contributed by atoms with van der Waals surface area (Å²) in [5.74, 6) is 0. The van der Waals surface area contributed by atoms with E-state index in [0.29, 0.717) is 21.9 Å². The quantitative estimate of drug-likeness (QED) is 0.624. The molecule has 0 saturated carbocycles. The second-order valence-electron chi connectivity index (χ2n) is 3.70. The van der Waals surface area contributed by atoms with Crippen LogP contribution in [0, 0.1) is 0 Å². The van der Waals surface area contributed by atoms with E-state index in [0.717, 1.165) is 0 Å². The lowest BCUT2D eigenvalue weighted by Gasteiger charge is -1.96. The molecular formula is C12H8N4O2. The summed E-state index contributed by atoms with van der Waals surface area (Å²) in [6.45, 7) is 0. The SMILES string of the molecule is O=c1c(NO)c2cnccc2nc2ncccc12. The van der Waals surface area contributed by atoms with Gasteiger partial charge in [-0.05, 0) is 18.2 Å². The molecular weight excluding hydrogens is 232 g/mol. The minimum atomic E-state index is -0.365. The first-order valence-electron chi connectivity index (χ1n) is 5.24. The molecule has 6 heteroatoms. The standard InChI is InChI=1S/C12H8N4O2/c17-11-7-2-1-4-14-12(7)15-9-3-5-13-6-8(9)10(11)16-18/h1-6,18H,(H,16,17). The van der Waals surface area contributed by atoms with E-state index in [9.17, 15) is 4.79 Å². The minimum absolute atomic E-state index is 0.0496. The first-order chi connectivity index (χ1) is 8.81. The van der Waals surface area contributed by atoms with Gasteiger partial charge in [0.05, 0.1) is 10.9 Å². The lowest BCUT2D eigenvalue weighted by atomic mass is 10.2. The number of aromatic nitrogens is 3. The second kappa shape index (κ2) is 4.01. The Morgan fingerprint density at radius 3 is 2.89 bits per heavy atom. The number of anilines is 1. The Morgan fingerprint density at radius 1 is 1.17 bits per heavy atom. The zero-order valence-corrected chi connectivity index (χ0v) is 9.16. The van der Waals surface area contributed by atoms with Gasteiger partial charge >= 0.3 is 0 Å². The van der Waals surface area contributed by atoms with Gasteiger partial charge in [-0.15, -0.1) is 0 Å². The smallest absolute Gasteiger partial charge is 0.215 e. The van der Waals surface area contributed by atoms with Crippen molar-refractivity contribution in [2.24, 2.45) is 0 Å². The molecule has 0 aliphatic carbocycles. The summed E-state index contributed by atoms with van der Waals surface area (Å²) < 4.78 is 0. The van der Waals surface area contributed by atoms with Crippen LogP contribution in [0.1, 0.15) is 0 Å². The van der Waals surface area contributed by atoms with E-state index in [2.05, 4.69) is 15.0 Å². The molecule has 3 rings (SSSR count). The predicted molar refractivity (Wildman–Crippen MR) is 66.5 cm³/mol. The molecule has 0 spiro atoms. The predicted octanol–water partition coefficient (Wildman–Crippen LogP) is 1.34. The number of pyridine rings is 2. The molecule has 2 N–H and O–H groups in total. The van der Waals surface area contributed by atoms with Crippen LogP contribution in [-0.4, -0.2) is 20.2 Å². The van der Waals surface area contributed by atoms with Crippen LogP contribution in [-0.2, 0) is 0 Å². The van der Waals surface area contributed by atoms with Gasteiger partial charge < -0.3 is 0 Å². The molecule has 3 aromatic heterocycles. The summed E-state index contributed by atoms with van der Waals surface area (Å²) in [4.78, 5) is 24.5. The van der Waals surface area contributed by atoms with Crippen molar-refractivity contribution < 1.29 is 5.21 Å². The number of rotatable bonds is 1. The van der Waals surface area contributed by atoms with E-state index in [-0.39, 0.29) is 11.1 Å². The van der Waals surface area contributed by atoms with Crippen LogP contribution in [0.2, 0.25) is 0 Å². The number of hydrogen-bond acceptors (Lipinski definition) is 6. The van der Waals surface area contributed by atoms with Crippen LogP contribution in [0.4, 0.5) is 5.69 Å². The monoisotopic (exact) mass is 240 g/mol. The van der Waals surface area contributed by atoms with Crippen molar-refractivity contribution in [2.45, 2.75) is 0 Å². The molecule has 0 fully saturated rings. The largest absolute Gasteiger partial charge is 0.291 e. The lowest BCUT2D eigenvalue weighted by Crippen LogP contribution is -2.06. The highest BCUT2D eigenvalue weighted by molar-refractivity contribution is 5.94. The third-order valence-electron chi connectivity index (χ3n) is 2.66. The van der Waals surface area contributed by atoms with Gasteiger partial charge in [0.2, 0.25) is 5.43 Å². The average molecular weight is 240 g/mol. The Morgan fingerprint density at radius 2 is 2.06 bits per heavy atom. The van der Waals surface area contributed by atoms with Crippen molar-refractivity contribution >= 4 is 27.6 Å². The molecule has 3 heterocycles. The summed E-state index contributed by atoms with van der Waals surface area (Å²) in [6, 6.07) is 4.92. The molecule has 88 valence electrons. The summed E-state index contributed by atoms with van der Waals surface area (Å²) >= 11 is 0. The maximum absolute atomic E-state index is 12.2. The Kier molecular flexibility index (Phi) is 2.35. The number of nitrogens with zero attached hydrogens (tertiary/aromatic N) is 3. The lowest BCUT2D eigenvalue weighted by molar-refractivity contribution is 0.389. The average Bonchev–Trinajstić information content (AvgIpc) is 2.53. The van der Waals surface area contributed by atoms with Crippen molar-refractivity contribution in [3.63, 3.8) is 0 Å². The molecule has 6 nitrogen and oxygen atoms in total. The van der Waals surface area contributed by atoms with E-state index in [1.165, 1.54) is 6.20 Å². The van der Waals surface area contributed by atoms with Crippen LogP contribution < -0.4 is 10.9 Å². The summed E-state index contributed by atoms with van der Waals surface area (Å²) in [5, 5.41) is 9.95. The van der Waals surface area contributed by atoms with Crippen LogP contribution in [0.15, 0.2) is 41.6 Å². The van der Waals surface area contributed by atoms with Gasteiger partial charge in [0.1, 0.15) is 5.69 Å². The van der Waals surface area contributed by atoms with Crippen molar-refractivity contribution in [3.8, 4) is 0 Å². The Bertz CT molecular complexity index is 804. The molecule has 0 unspecified atom stereocenters. The van der Waals surface area contributed by atoms with Gasteiger partial charge in [-0.25, -0.2) is 9.97 Å². The van der Waals surface area contributed by atoms with E-state index < -0.39 is 0 Å². The fourth-order valence-corrected chi connectivity index (χ4v) is 1.82. The summed E-state index contributed by atoms with van der Waals surface area (Å²) in [5.41, 5.74) is 2.48. The van der Waals surface area contributed by atoms with Gasteiger partial charge in [0, 0.05) is 24.0 Å². The number of hydrogen-bond donors (Lipinski definition) is 2. The molecule has 0 aliphatic heterocycles. The third kappa shape index (κ3) is 1.47. The van der Waals surface area contributed by atoms with E-state index in [1.54, 1.807) is 30.6 Å². The fraction of sp³-hybridized carbons (Fsp3) is 0. The van der Waals surface area contributed by atoms with Crippen LogP contribution in [0.25, 0.3) is 21.9 Å². The molecule has 0 radical (unpaired) electrons. The van der Waals surface area contributed by atoms with Gasteiger partial charge in [0.15, 0.2) is 5.65 Å². The number of fused-ring (bicyclic) bond motifs is 2. The van der Waals surface area contributed by atoms with Gasteiger partial charge in [0.25, 0.3) is 0 Å². The van der Waals surface area contributed by atoms with E-state index >= 15 is 0 Å². The van der Waals surface area contributed by atoms with E-state index in [1.807, 2.05) is 5.48 Å². The molecule has 0 aliphatic rings. The van der Waals surface area contributed by atoms with Crippen molar-refractivity contribution in [1.82, 2.24) is 15.0 Å². The van der Waals surface area contributed by atoms with E-state index in [4.69, 9.17) is 5.21 Å². The fourth-order valence-electron chi connectivity index (χ4n) is 1.82. The second-order valence-corrected chi connectivity index (χ2v) is 3.70. The zero-order chi connectivity index (χ0) is 12.5. The molecule has 18 heavy (non-hydrogen) atoms. The van der Waals surface area contributed by atoms with Crippen molar-refractivity contribution in [2.75, 3.05) is 5.48 Å². The topological polar surface area (TPSA) is 88.0 Å². The molecule has 0 amide bonds. The highest BCUT2D eigenvalue weighted by Crippen LogP contribution is 2.18. The Hall–Kier alpha value is -2.60. The summed E-state index contributed by atoms with van der Waals surface area (Å²) in [7, 11) is 0. The first-order valence-corrected chi connectivity index (χ1v) is 5.24. The van der Waals surface area contributed by atoms with Gasteiger partial charge in [-0.2, -0.15) is 0 Å². The minimum Gasteiger partial charge on any atom is -0.291 e. The van der Waals surface area contributed by atoms with Crippen LogP contribution in [0.5, 0.6) is 0 Å². The maximum Gasteiger partial charge on any atom is 0.215 e. The molecule has 0 saturated heterocycles. The zero-order valence-electron chi connectivity index (χ0n) is 9.16. The van der Waals surface area contributed by atoms with Gasteiger partial charge in [-0.3, -0.25) is 20.5 Å². The normalized spacial score (nSPS) is 10.7. The van der Waals surface area contributed by atoms with Gasteiger partial charge in [-0.1, -0.05) is 0 Å². The molecule has 0 bridgehead atoms. The highest BCUT2D eigenvalue weighted by atomic mass is 16.5. The molecule has 3 aromatic rings. The molecule has 0 atom stereocenters. The molecule has 0 aromatic carbocycles.